The topological polar surface area (TPSA) is 35.5 Å². The molecule has 2 aromatic carbocycles. The molecule has 0 N–H and O–H groups in total. The Kier molecular flexibility index (Phi) is 4.88. The first kappa shape index (κ1) is 19.0. The predicted molar refractivity (Wildman–Crippen MR) is 112 cm³/mol. The minimum Gasteiger partial charge on any atom is -0.489 e. The zero-order chi connectivity index (χ0) is 19.3. The molecule has 1 aliphatic heterocycles. The summed E-state index contributed by atoms with van der Waals surface area (Å²) in [4.78, 5) is 12.4. The quantitative estimate of drug-likeness (QED) is 0.391. The summed E-state index contributed by atoms with van der Waals surface area (Å²) in [6.45, 7) is 6.62. The Labute approximate surface area is 176 Å². The van der Waals surface area contributed by atoms with E-state index in [2.05, 4.69) is 57.8 Å². The first-order valence-electron chi connectivity index (χ1n) is 9.20. The Balaban J connectivity index is 1.70. The first-order valence-corrected chi connectivity index (χ1v) is 10.8. The zero-order valence-corrected chi connectivity index (χ0v) is 18.8. The Morgan fingerprint density at radius 3 is 2.78 bits per heavy atom. The van der Waals surface area contributed by atoms with Gasteiger partial charge in [0.25, 0.3) is 0 Å². The highest BCUT2D eigenvalue weighted by Crippen LogP contribution is 2.54. The van der Waals surface area contributed by atoms with E-state index in [1.807, 2.05) is 25.1 Å². The fraction of sp³-hybridized carbons (Fsp3) is 0.409. The average Bonchev–Trinajstić information content (AvgIpc) is 2.87. The van der Waals surface area contributed by atoms with E-state index in [4.69, 9.17) is 9.47 Å². The minimum absolute atomic E-state index is 0.147. The number of hydrogen-bond acceptors (Lipinski definition) is 3. The standard InChI is InChI=1S/C22H22Br2O3/c1-12-10-18(26-11-14-6-4-5-7-17(14)23)13(2)19-15(12)8-9-16-20(19)27-21(25)22(16,3)24/h4-7,10,16,20H,8-9,11H2,1-3H3. The number of ether oxygens (including phenoxy) is 2. The number of aryl methyl sites for hydroxylation is 1. The van der Waals surface area contributed by atoms with Gasteiger partial charge in [-0.2, -0.15) is 0 Å². The number of hydrogen-bond donors (Lipinski definition) is 0. The van der Waals surface area contributed by atoms with E-state index in [0.29, 0.717) is 6.61 Å². The van der Waals surface area contributed by atoms with Crippen LogP contribution in [-0.4, -0.2) is 10.3 Å². The van der Waals surface area contributed by atoms with Crippen molar-refractivity contribution in [2.45, 2.75) is 50.6 Å². The molecule has 0 radical (unpaired) electrons. The van der Waals surface area contributed by atoms with E-state index in [1.54, 1.807) is 0 Å². The highest BCUT2D eigenvalue weighted by molar-refractivity contribution is 9.10. The largest absolute Gasteiger partial charge is 0.489 e. The van der Waals surface area contributed by atoms with E-state index < -0.39 is 4.32 Å². The number of alkyl halides is 1. The van der Waals surface area contributed by atoms with Crippen LogP contribution in [0, 0.1) is 19.8 Å². The monoisotopic (exact) mass is 492 g/mol. The van der Waals surface area contributed by atoms with Crippen molar-refractivity contribution in [3.05, 3.63) is 62.6 Å². The van der Waals surface area contributed by atoms with Crippen LogP contribution in [0.5, 0.6) is 5.75 Å². The predicted octanol–water partition coefficient (Wildman–Crippen LogP) is 5.96. The second-order valence-electron chi connectivity index (χ2n) is 7.64. The number of esters is 1. The number of carbonyl (C=O) groups excluding carboxylic acids is 1. The lowest BCUT2D eigenvalue weighted by Gasteiger charge is -2.33. The van der Waals surface area contributed by atoms with Gasteiger partial charge in [0, 0.05) is 21.5 Å². The molecule has 3 unspecified atom stereocenters. The van der Waals surface area contributed by atoms with Crippen LogP contribution in [0.25, 0.3) is 0 Å². The average molecular weight is 494 g/mol. The van der Waals surface area contributed by atoms with Crippen LogP contribution in [0.4, 0.5) is 0 Å². The van der Waals surface area contributed by atoms with Crippen molar-refractivity contribution < 1.29 is 14.3 Å². The Morgan fingerprint density at radius 2 is 2.04 bits per heavy atom. The van der Waals surface area contributed by atoms with Gasteiger partial charge >= 0.3 is 5.97 Å². The molecule has 142 valence electrons. The summed E-state index contributed by atoms with van der Waals surface area (Å²) in [6, 6.07) is 10.2. The highest BCUT2D eigenvalue weighted by atomic mass is 79.9. The first-order chi connectivity index (χ1) is 12.8. The molecule has 4 rings (SSSR count). The lowest BCUT2D eigenvalue weighted by atomic mass is 9.74. The maximum atomic E-state index is 12.4. The summed E-state index contributed by atoms with van der Waals surface area (Å²) in [5, 5.41) is 0. The van der Waals surface area contributed by atoms with Crippen molar-refractivity contribution >= 4 is 37.8 Å². The molecule has 0 amide bonds. The van der Waals surface area contributed by atoms with Gasteiger partial charge in [-0.05, 0) is 62.4 Å². The van der Waals surface area contributed by atoms with Crippen molar-refractivity contribution in [2.24, 2.45) is 5.92 Å². The van der Waals surface area contributed by atoms with E-state index in [1.165, 1.54) is 11.1 Å². The molecular weight excluding hydrogens is 472 g/mol. The second kappa shape index (κ2) is 6.93. The molecule has 0 aromatic heterocycles. The smallest absolute Gasteiger partial charge is 0.323 e. The van der Waals surface area contributed by atoms with Crippen LogP contribution < -0.4 is 4.74 Å². The molecule has 2 aromatic rings. The van der Waals surface area contributed by atoms with E-state index in [-0.39, 0.29) is 18.0 Å². The van der Waals surface area contributed by atoms with Gasteiger partial charge in [-0.1, -0.05) is 50.1 Å². The summed E-state index contributed by atoms with van der Waals surface area (Å²) in [6.07, 6.45) is 1.71. The van der Waals surface area contributed by atoms with Crippen LogP contribution in [0.3, 0.4) is 0 Å². The molecule has 3 atom stereocenters. The van der Waals surface area contributed by atoms with Gasteiger partial charge in [-0.3, -0.25) is 4.79 Å². The summed E-state index contributed by atoms with van der Waals surface area (Å²) in [5.41, 5.74) is 5.83. The molecule has 0 bridgehead atoms. The molecule has 0 saturated carbocycles. The van der Waals surface area contributed by atoms with Gasteiger partial charge in [-0.25, -0.2) is 0 Å². The van der Waals surface area contributed by atoms with Crippen LogP contribution >= 0.6 is 31.9 Å². The van der Waals surface area contributed by atoms with Crippen molar-refractivity contribution in [2.75, 3.05) is 0 Å². The summed E-state index contributed by atoms with van der Waals surface area (Å²) < 4.78 is 12.5. The Hall–Kier alpha value is -1.33. The van der Waals surface area contributed by atoms with E-state index in [9.17, 15) is 4.79 Å². The number of carbonyl (C=O) groups is 1. The lowest BCUT2D eigenvalue weighted by Crippen LogP contribution is -2.33. The van der Waals surface area contributed by atoms with Gasteiger partial charge in [0.05, 0.1) is 0 Å². The molecule has 1 aliphatic carbocycles. The lowest BCUT2D eigenvalue weighted by molar-refractivity contribution is -0.143. The van der Waals surface area contributed by atoms with E-state index >= 15 is 0 Å². The normalized spacial score (nSPS) is 26.3. The molecule has 1 saturated heterocycles. The van der Waals surface area contributed by atoms with Crippen molar-refractivity contribution in [3.63, 3.8) is 0 Å². The van der Waals surface area contributed by atoms with Crippen LogP contribution in [-0.2, 0) is 22.6 Å². The highest BCUT2D eigenvalue weighted by Gasteiger charge is 2.55. The summed E-state index contributed by atoms with van der Waals surface area (Å²) >= 11 is 7.20. The van der Waals surface area contributed by atoms with Crippen LogP contribution in [0.2, 0.25) is 0 Å². The third kappa shape index (κ3) is 3.13. The third-order valence-electron chi connectivity index (χ3n) is 5.95. The van der Waals surface area contributed by atoms with Crippen LogP contribution in [0.15, 0.2) is 34.8 Å². The van der Waals surface area contributed by atoms with Crippen molar-refractivity contribution in [1.82, 2.24) is 0 Å². The number of rotatable bonds is 3. The molecule has 0 spiro atoms. The Bertz CT molecular complexity index is 920. The minimum atomic E-state index is -0.610. The summed E-state index contributed by atoms with van der Waals surface area (Å²) in [5.74, 6) is 0.845. The van der Waals surface area contributed by atoms with Crippen molar-refractivity contribution in [1.29, 1.82) is 0 Å². The van der Waals surface area contributed by atoms with Gasteiger partial charge in [0.15, 0.2) is 0 Å². The zero-order valence-electron chi connectivity index (χ0n) is 15.6. The third-order valence-corrected chi connectivity index (χ3v) is 7.63. The fourth-order valence-corrected chi connectivity index (χ4v) is 5.29. The SMILES string of the molecule is Cc1cc(OCc2ccccc2Br)c(C)c2c1CCC1C2OC(=O)C1(C)Br. The Morgan fingerprint density at radius 1 is 1.30 bits per heavy atom. The van der Waals surface area contributed by atoms with Gasteiger partial charge in [0.1, 0.15) is 22.8 Å². The molecular formula is C22H22Br2O3. The molecule has 2 aliphatic rings. The number of benzene rings is 2. The molecule has 3 nitrogen and oxygen atoms in total. The van der Waals surface area contributed by atoms with Gasteiger partial charge < -0.3 is 9.47 Å². The van der Waals surface area contributed by atoms with Gasteiger partial charge in [-0.15, -0.1) is 0 Å². The molecule has 1 heterocycles. The fourth-order valence-electron chi connectivity index (χ4n) is 4.33. The van der Waals surface area contributed by atoms with Crippen molar-refractivity contribution in [3.8, 4) is 5.75 Å². The second-order valence-corrected chi connectivity index (χ2v) is 10.1. The molecule has 1 fully saturated rings. The molecule has 5 heteroatoms. The van der Waals surface area contributed by atoms with Crippen LogP contribution in [0.1, 0.15) is 47.3 Å². The number of fused-ring (bicyclic) bond motifs is 3. The maximum absolute atomic E-state index is 12.4. The van der Waals surface area contributed by atoms with E-state index in [0.717, 1.165) is 39.8 Å². The number of halogens is 2. The molecule has 27 heavy (non-hydrogen) atoms. The maximum Gasteiger partial charge on any atom is 0.323 e. The van der Waals surface area contributed by atoms with Gasteiger partial charge in [0.2, 0.25) is 0 Å². The summed E-state index contributed by atoms with van der Waals surface area (Å²) in [7, 11) is 0.